The van der Waals surface area contributed by atoms with E-state index in [1.807, 2.05) is 0 Å². The van der Waals surface area contributed by atoms with Crippen LogP contribution in [0.4, 0.5) is 0 Å². The number of aliphatic carboxylic acids is 1. The largest absolute Gasteiger partial charge is 0.481 e. The minimum atomic E-state index is -1.06. The summed E-state index contributed by atoms with van der Waals surface area (Å²) in [6.45, 7) is 0. The number of aromatic nitrogens is 2. The molecule has 2 aromatic rings. The highest BCUT2D eigenvalue weighted by molar-refractivity contribution is 5.69. The molecule has 0 aliphatic rings. The van der Waals surface area contributed by atoms with Crippen LogP contribution in [0.25, 0.3) is 0 Å². The summed E-state index contributed by atoms with van der Waals surface area (Å²) >= 11 is 0. The molecule has 2 heterocycles. The topological polar surface area (TPSA) is 96.2 Å². The van der Waals surface area contributed by atoms with Gasteiger partial charge in [-0.1, -0.05) is 0 Å². The van der Waals surface area contributed by atoms with Crippen LogP contribution >= 0.6 is 0 Å². The number of H-pyrrole nitrogens is 1. The molecular formula is C11H10N2O4. The molecule has 0 radical (unpaired) electrons. The quantitative estimate of drug-likeness (QED) is 0.806. The zero-order valence-electron chi connectivity index (χ0n) is 8.84. The molecule has 0 spiro atoms. The number of nitrogens with zero attached hydrogens (tertiary/aromatic N) is 1. The summed E-state index contributed by atoms with van der Waals surface area (Å²) in [7, 11) is 0. The molecule has 0 aliphatic heterocycles. The van der Waals surface area contributed by atoms with Gasteiger partial charge < -0.3 is 14.5 Å². The number of carboxylic acids is 1. The molecule has 0 aromatic carbocycles. The Labute approximate surface area is 95.9 Å². The predicted molar refractivity (Wildman–Crippen MR) is 57.7 cm³/mol. The normalized spacial score (nSPS) is 10.4. The molecule has 0 atom stereocenters. The summed E-state index contributed by atoms with van der Waals surface area (Å²) in [5.74, 6) is 0.0642. The Morgan fingerprint density at radius 1 is 1.53 bits per heavy atom. The number of nitrogens with one attached hydrogen (secondary N) is 1. The fraction of sp³-hybridized carbons (Fsp3) is 0.182. The van der Waals surface area contributed by atoms with Crippen molar-refractivity contribution in [3.05, 3.63) is 52.1 Å². The van der Waals surface area contributed by atoms with Crippen LogP contribution in [-0.2, 0) is 17.6 Å². The van der Waals surface area contributed by atoms with E-state index in [1.165, 1.54) is 12.5 Å². The van der Waals surface area contributed by atoms with Crippen LogP contribution in [0, 0.1) is 0 Å². The lowest BCUT2D eigenvalue weighted by atomic mass is 10.2. The molecule has 88 valence electrons. The molecule has 2 rings (SSSR count). The maximum atomic E-state index is 11.5. The summed E-state index contributed by atoms with van der Waals surface area (Å²) in [5, 5.41) is 8.57. The average Bonchev–Trinajstić information content (AvgIpc) is 2.74. The molecule has 0 aliphatic carbocycles. The summed E-state index contributed by atoms with van der Waals surface area (Å²) in [6, 6.07) is 3.51. The summed E-state index contributed by atoms with van der Waals surface area (Å²) in [4.78, 5) is 28.5. The van der Waals surface area contributed by atoms with Gasteiger partial charge in [-0.3, -0.25) is 9.59 Å². The van der Waals surface area contributed by atoms with Gasteiger partial charge in [0.05, 0.1) is 19.1 Å². The van der Waals surface area contributed by atoms with E-state index in [9.17, 15) is 9.59 Å². The van der Waals surface area contributed by atoms with E-state index in [0.29, 0.717) is 18.0 Å². The van der Waals surface area contributed by atoms with Gasteiger partial charge in [0.25, 0.3) is 5.56 Å². The fourth-order valence-electron chi connectivity index (χ4n) is 1.41. The second-order valence-corrected chi connectivity index (χ2v) is 3.51. The maximum Gasteiger partial charge on any atom is 0.308 e. The number of carbonyl (C=O) groups is 1. The van der Waals surface area contributed by atoms with Gasteiger partial charge in [0.1, 0.15) is 11.6 Å². The summed E-state index contributed by atoms with van der Waals surface area (Å²) in [5.41, 5.74) is -0.287. The minimum absolute atomic E-state index is 0.140. The lowest BCUT2D eigenvalue weighted by molar-refractivity contribution is -0.136. The van der Waals surface area contributed by atoms with Crippen molar-refractivity contribution >= 4 is 5.97 Å². The highest BCUT2D eigenvalue weighted by Crippen LogP contribution is 2.04. The molecule has 6 nitrogen and oxygen atoms in total. The number of carboxylic acid groups (broad SMARTS) is 1. The number of furan rings is 1. The van der Waals surface area contributed by atoms with Gasteiger partial charge in [-0.2, -0.15) is 0 Å². The number of aromatic amines is 1. The van der Waals surface area contributed by atoms with Gasteiger partial charge in [-0.15, -0.1) is 0 Å². The van der Waals surface area contributed by atoms with E-state index in [1.54, 1.807) is 12.1 Å². The molecule has 6 heteroatoms. The monoisotopic (exact) mass is 234 g/mol. The van der Waals surface area contributed by atoms with E-state index >= 15 is 0 Å². The van der Waals surface area contributed by atoms with Gasteiger partial charge >= 0.3 is 5.97 Å². The summed E-state index contributed by atoms with van der Waals surface area (Å²) in [6.07, 6.45) is 2.86. The van der Waals surface area contributed by atoms with E-state index in [4.69, 9.17) is 9.52 Å². The second-order valence-electron chi connectivity index (χ2n) is 3.51. The van der Waals surface area contributed by atoms with Gasteiger partial charge in [0, 0.05) is 11.8 Å². The fourth-order valence-corrected chi connectivity index (χ4v) is 1.41. The molecule has 2 aromatic heterocycles. The first-order valence-corrected chi connectivity index (χ1v) is 4.96. The van der Waals surface area contributed by atoms with Crippen LogP contribution in [-0.4, -0.2) is 21.0 Å². The molecular weight excluding hydrogens is 224 g/mol. The van der Waals surface area contributed by atoms with Gasteiger partial charge in [0.2, 0.25) is 0 Å². The van der Waals surface area contributed by atoms with Gasteiger partial charge in [0.15, 0.2) is 0 Å². The van der Waals surface area contributed by atoms with Crippen LogP contribution < -0.4 is 5.56 Å². The lowest BCUT2D eigenvalue weighted by Crippen LogP contribution is -2.19. The van der Waals surface area contributed by atoms with Crippen molar-refractivity contribution in [1.29, 1.82) is 0 Å². The third-order valence-corrected chi connectivity index (χ3v) is 2.19. The van der Waals surface area contributed by atoms with Crippen molar-refractivity contribution in [2.24, 2.45) is 0 Å². The van der Waals surface area contributed by atoms with Crippen molar-refractivity contribution in [2.75, 3.05) is 0 Å². The first-order chi connectivity index (χ1) is 8.15. The Bertz CT molecular complexity index is 571. The summed E-state index contributed by atoms with van der Waals surface area (Å²) < 4.78 is 5.12. The predicted octanol–water partition coefficient (Wildman–Crippen LogP) is 0.581. The first kappa shape index (κ1) is 11.1. The maximum absolute atomic E-state index is 11.5. The van der Waals surface area contributed by atoms with Crippen LogP contribution in [0.1, 0.15) is 17.1 Å². The highest BCUT2D eigenvalue weighted by Gasteiger charge is 2.08. The van der Waals surface area contributed by atoms with Crippen LogP contribution in [0.5, 0.6) is 0 Å². The Morgan fingerprint density at radius 3 is 2.94 bits per heavy atom. The lowest BCUT2D eigenvalue weighted by Gasteiger charge is -1.99. The Morgan fingerprint density at radius 2 is 2.35 bits per heavy atom. The van der Waals surface area contributed by atoms with Gasteiger partial charge in [-0.05, 0) is 12.1 Å². The van der Waals surface area contributed by atoms with Crippen molar-refractivity contribution in [3.8, 4) is 0 Å². The third-order valence-electron chi connectivity index (χ3n) is 2.19. The third kappa shape index (κ3) is 2.81. The zero-order valence-corrected chi connectivity index (χ0v) is 8.84. The standard InChI is InChI=1S/C11H10N2O4/c14-10(15)4-7-6-12-9(13-11(7)16)5-8-2-1-3-17-8/h1-3,6H,4-5H2,(H,14,15)(H,12,13,16). The SMILES string of the molecule is O=C(O)Cc1cnc(Cc2ccco2)[nH]c1=O. The molecule has 0 saturated carbocycles. The number of hydrogen-bond acceptors (Lipinski definition) is 4. The van der Waals surface area contributed by atoms with Crippen LogP contribution in [0.2, 0.25) is 0 Å². The Kier molecular flexibility index (Phi) is 3.04. The highest BCUT2D eigenvalue weighted by atomic mass is 16.4. The smallest absolute Gasteiger partial charge is 0.308 e. The van der Waals surface area contributed by atoms with E-state index in [0.717, 1.165) is 0 Å². The average molecular weight is 234 g/mol. The van der Waals surface area contributed by atoms with E-state index in [-0.39, 0.29) is 12.0 Å². The number of rotatable bonds is 4. The van der Waals surface area contributed by atoms with Crippen molar-refractivity contribution in [2.45, 2.75) is 12.8 Å². The van der Waals surface area contributed by atoms with Crippen molar-refractivity contribution in [3.63, 3.8) is 0 Å². The van der Waals surface area contributed by atoms with Crippen LogP contribution in [0.15, 0.2) is 33.8 Å². The van der Waals surface area contributed by atoms with Crippen LogP contribution in [0.3, 0.4) is 0 Å². The molecule has 17 heavy (non-hydrogen) atoms. The molecule has 0 saturated heterocycles. The molecule has 0 fully saturated rings. The molecule has 0 bridgehead atoms. The second kappa shape index (κ2) is 4.65. The molecule has 0 amide bonds. The first-order valence-electron chi connectivity index (χ1n) is 4.96. The minimum Gasteiger partial charge on any atom is -0.481 e. The Balaban J connectivity index is 2.19. The molecule has 0 unspecified atom stereocenters. The van der Waals surface area contributed by atoms with E-state index in [2.05, 4.69) is 9.97 Å². The zero-order chi connectivity index (χ0) is 12.3. The Hall–Kier alpha value is -2.37. The van der Waals surface area contributed by atoms with Crippen molar-refractivity contribution < 1.29 is 14.3 Å². The van der Waals surface area contributed by atoms with E-state index < -0.39 is 11.5 Å². The molecule has 2 N–H and O–H groups in total. The van der Waals surface area contributed by atoms with Crippen molar-refractivity contribution in [1.82, 2.24) is 9.97 Å². The van der Waals surface area contributed by atoms with Gasteiger partial charge in [-0.25, -0.2) is 4.98 Å². The number of hydrogen-bond donors (Lipinski definition) is 2.